The van der Waals surface area contributed by atoms with Crippen molar-refractivity contribution in [2.24, 2.45) is 5.41 Å². The molecule has 1 rings (SSSR count). The molecule has 0 heterocycles. The van der Waals surface area contributed by atoms with Crippen molar-refractivity contribution < 1.29 is 0 Å². The van der Waals surface area contributed by atoms with E-state index in [9.17, 15) is 0 Å². The van der Waals surface area contributed by atoms with Gasteiger partial charge >= 0.3 is 0 Å². The fourth-order valence-corrected chi connectivity index (χ4v) is 3.75. The van der Waals surface area contributed by atoms with Gasteiger partial charge in [0.1, 0.15) is 0 Å². The van der Waals surface area contributed by atoms with Gasteiger partial charge in [0.2, 0.25) is 0 Å². The molecule has 0 bridgehead atoms. The Morgan fingerprint density at radius 3 is 2.00 bits per heavy atom. The van der Waals surface area contributed by atoms with Gasteiger partial charge < -0.3 is 4.90 Å². The van der Waals surface area contributed by atoms with Crippen molar-refractivity contribution in [2.45, 2.75) is 58.8 Å². The van der Waals surface area contributed by atoms with Crippen LogP contribution in [-0.2, 0) is 0 Å². The minimum Gasteiger partial charge on any atom is -0.303 e. The molecule has 1 aliphatic rings. The van der Waals surface area contributed by atoms with Gasteiger partial charge in [-0.2, -0.15) is 0 Å². The normalized spacial score (nSPS) is 20.2. The summed E-state index contributed by atoms with van der Waals surface area (Å²) in [5.41, 5.74) is 0.586. The van der Waals surface area contributed by atoms with E-state index in [1.54, 1.807) is 0 Å². The number of rotatable bonds is 7. The molecule has 0 atom stereocenters. The van der Waals surface area contributed by atoms with Gasteiger partial charge in [0, 0.05) is 11.9 Å². The molecule has 1 saturated carbocycles. The summed E-state index contributed by atoms with van der Waals surface area (Å²) in [6.07, 6.45) is 9.78. The van der Waals surface area contributed by atoms with Crippen LogP contribution in [-0.4, -0.2) is 29.9 Å². The summed E-state index contributed by atoms with van der Waals surface area (Å²) in [5.74, 6) is 0. The maximum atomic E-state index is 3.77. The van der Waals surface area contributed by atoms with Gasteiger partial charge in [-0.3, -0.25) is 0 Å². The van der Waals surface area contributed by atoms with Gasteiger partial charge in [0.05, 0.1) is 0 Å². The molecule has 0 aromatic carbocycles. The first-order chi connectivity index (χ1) is 7.76. The van der Waals surface area contributed by atoms with Crippen LogP contribution in [0.2, 0.25) is 0 Å². The van der Waals surface area contributed by atoms with Crippen molar-refractivity contribution in [1.29, 1.82) is 0 Å². The number of hydrogen-bond donors (Lipinski definition) is 0. The van der Waals surface area contributed by atoms with Crippen LogP contribution in [0.5, 0.6) is 0 Å². The van der Waals surface area contributed by atoms with E-state index in [1.807, 2.05) is 0 Å². The Morgan fingerprint density at radius 2 is 1.56 bits per heavy atom. The minimum absolute atomic E-state index is 0.586. The second-order valence-corrected chi connectivity index (χ2v) is 6.03. The first kappa shape index (κ1) is 14.5. The van der Waals surface area contributed by atoms with E-state index in [0.717, 1.165) is 0 Å². The molecule has 1 nitrogen and oxygen atoms in total. The van der Waals surface area contributed by atoms with Crippen molar-refractivity contribution in [3.63, 3.8) is 0 Å². The predicted molar refractivity (Wildman–Crippen MR) is 76.3 cm³/mol. The molecule has 0 unspecified atom stereocenters. The molecular weight excluding hydrogens is 262 g/mol. The highest BCUT2D eigenvalue weighted by molar-refractivity contribution is 9.09. The summed E-state index contributed by atoms with van der Waals surface area (Å²) in [5, 5.41) is 1.20. The number of hydrogen-bond acceptors (Lipinski definition) is 1. The van der Waals surface area contributed by atoms with Crippen molar-refractivity contribution in [1.82, 2.24) is 4.90 Å². The second-order valence-electron chi connectivity index (χ2n) is 5.47. The fraction of sp³-hybridized carbons (Fsp3) is 1.00. The van der Waals surface area contributed by atoms with Crippen LogP contribution in [0.15, 0.2) is 0 Å². The summed E-state index contributed by atoms with van der Waals surface area (Å²) in [4.78, 5) is 2.69. The molecule has 0 saturated heterocycles. The molecule has 2 heteroatoms. The van der Waals surface area contributed by atoms with Crippen LogP contribution in [0.4, 0.5) is 0 Å². The quantitative estimate of drug-likeness (QED) is 0.626. The monoisotopic (exact) mass is 289 g/mol. The number of nitrogens with zero attached hydrogens (tertiary/aromatic N) is 1. The molecule has 1 aliphatic carbocycles. The van der Waals surface area contributed by atoms with Gasteiger partial charge in [0.25, 0.3) is 0 Å². The van der Waals surface area contributed by atoms with Crippen LogP contribution in [0.3, 0.4) is 0 Å². The van der Waals surface area contributed by atoms with Crippen LogP contribution in [0.25, 0.3) is 0 Å². The predicted octanol–water partition coefficient (Wildman–Crippen LogP) is 4.45. The molecule has 0 aromatic heterocycles. The molecular formula is C14H28BrN. The van der Waals surface area contributed by atoms with E-state index in [4.69, 9.17) is 0 Å². The fourth-order valence-electron chi connectivity index (χ4n) is 3.01. The molecule has 0 spiro atoms. The molecule has 0 amide bonds. The van der Waals surface area contributed by atoms with Crippen molar-refractivity contribution in [2.75, 3.05) is 25.0 Å². The zero-order valence-electron chi connectivity index (χ0n) is 11.1. The third-order valence-corrected chi connectivity index (χ3v) is 5.03. The summed E-state index contributed by atoms with van der Waals surface area (Å²) >= 11 is 3.77. The largest absolute Gasteiger partial charge is 0.303 e. The Hall–Kier alpha value is 0.440. The van der Waals surface area contributed by atoms with Gasteiger partial charge in [0.15, 0.2) is 0 Å². The average molecular weight is 290 g/mol. The van der Waals surface area contributed by atoms with Crippen molar-refractivity contribution in [3.8, 4) is 0 Å². The van der Waals surface area contributed by atoms with E-state index in [2.05, 4.69) is 34.7 Å². The Bertz CT molecular complexity index is 170. The topological polar surface area (TPSA) is 3.24 Å². The first-order valence-electron chi connectivity index (χ1n) is 7.04. The van der Waals surface area contributed by atoms with Crippen LogP contribution in [0, 0.1) is 5.41 Å². The summed E-state index contributed by atoms with van der Waals surface area (Å²) < 4.78 is 0. The summed E-state index contributed by atoms with van der Waals surface area (Å²) in [6, 6.07) is 0. The van der Waals surface area contributed by atoms with Crippen LogP contribution in [0.1, 0.15) is 58.8 Å². The maximum absolute atomic E-state index is 3.77. The van der Waals surface area contributed by atoms with E-state index < -0.39 is 0 Å². The molecule has 0 aliphatic heterocycles. The molecule has 0 radical (unpaired) electrons. The lowest BCUT2D eigenvalue weighted by Gasteiger charge is -2.40. The minimum atomic E-state index is 0.586. The second kappa shape index (κ2) is 7.71. The van der Waals surface area contributed by atoms with E-state index >= 15 is 0 Å². The maximum Gasteiger partial charge on any atom is 0.0100 e. The van der Waals surface area contributed by atoms with E-state index in [1.165, 1.54) is 69.9 Å². The smallest absolute Gasteiger partial charge is 0.0100 e. The molecule has 96 valence electrons. The van der Waals surface area contributed by atoms with Crippen LogP contribution >= 0.6 is 15.9 Å². The van der Waals surface area contributed by atoms with Gasteiger partial charge in [-0.05, 0) is 44.2 Å². The molecule has 1 fully saturated rings. The highest BCUT2D eigenvalue weighted by atomic mass is 79.9. The van der Waals surface area contributed by atoms with E-state index in [-0.39, 0.29) is 0 Å². The van der Waals surface area contributed by atoms with Crippen LogP contribution < -0.4 is 0 Å². The molecule has 0 N–H and O–H groups in total. The van der Waals surface area contributed by atoms with E-state index in [0.29, 0.717) is 5.41 Å². The zero-order valence-corrected chi connectivity index (χ0v) is 12.7. The summed E-state index contributed by atoms with van der Waals surface area (Å²) in [6.45, 7) is 8.47. The molecule has 0 aromatic rings. The van der Waals surface area contributed by atoms with Gasteiger partial charge in [-0.25, -0.2) is 0 Å². The lowest BCUT2D eigenvalue weighted by atomic mass is 9.75. The number of halogens is 1. The zero-order chi connectivity index (χ0) is 11.9. The Labute approximate surface area is 110 Å². The third kappa shape index (κ3) is 4.37. The Morgan fingerprint density at radius 1 is 1.00 bits per heavy atom. The average Bonchev–Trinajstić information content (AvgIpc) is 2.31. The SMILES string of the molecule is CCCN(CCC)CC1(CBr)CCCCC1. The van der Waals surface area contributed by atoms with Crippen molar-refractivity contribution in [3.05, 3.63) is 0 Å². The van der Waals surface area contributed by atoms with Gasteiger partial charge in [-0.1, -0.05) is 49.0 Å². The Balaban J connectivity index is 2.50. The number of alkyl halides is 1. The summed E-state index contributed by atoms with van der Waals surface area (Å²) in [7, 11) is 0. The molecule has 16 heavy (non-hydrogen) atoms. The first-order valence-corrected chi connectivity index (χ1v) is 8.17. The lowest BCUT2D eigenvalue weighted by molar-refractivity contribution is 0.126. The highest BCUT2D eigenvalue weighted by Crippen LogP contribution is 2.38. The highest BCUT2D eigenvalue weighted by Gasteiger charge is 2.32. The lowest BCUT2D eigenvalue weighted by Crippen LogP contribution is -2.41. The van der Waals surface area contributed by atoms with Gasteiger partial charge in [-0.15, -0.1) is 0 Å². The standard InChI is InChI=1S/C14H28BrN/c1-3-10-16(11-4-2)13-14(12-15)8-6-5-7-9-14/h3-13H2,1-2H3. The van der Waals surface area contributed by atoms with Crippen molar-refractivity contribution >= 4 is 15.9 Å². The Kier molecular flexibility index (Phi) is 6.98. The third-order valence-electron chi connectivity index (χ3n) is 3.84.